The highest BCUT2D eigenvalue weighted by Gasteiger charge is 2.26. The van der Waals surface area contributed by atoms with Gasteiger partial charge in [-0.1, -0.05) is 60.7 Å². The van der Waals surface area contributed by atoms with E-state index < -0.39 is 0 Å². The van der Waals surface area contributed by atoms with Crippen LogP contribution in [0.5, 0.6) is 0 Å². The second-order valence-corrected chi connectivity index (χ2v) is 6.82. The number of hydrogen-bond acceptors (Lipinski definition) is 3. The summed E-state index contributed by atoms with van der Waals surface area (Å²) in [4.78, 5) is 17.1. The van der Waals surface area contributed by atoms with Gasteiger partial charge in [0.1, 0.15) is 0 Å². The van der Waals surface area contributed by atoms with E-state index in [0.29, 0.717) is 12.6 Å². The molecule has 4 heteroatoms. The number of amides is 1. The highest BCUT2D eigenvalue weighted by atomic mass is 16.2. The van der Waals surface area contributed by atoms with Gasteiger partial charge >= 0.3 is 0 Å². The molecule has 2 aromatic carbocycles. The van der Waals surface area contributed by atoms with Crippen LogP contribution in [0.1, 0.15) is 24.1 Å². The molecule has 1 unspecified atom stereocenters. The minimum atomic E-state index is -0.0600. The highest BCUT2D eigenvalue weighted by molar-refractivity contribution is 5.79. The summed E-state index contributed by atoms with van der Waals surface area (Å²) < 4.78 is 0. The fourth-order valence-corrected chi connectivity index (χ4v) is 3.51. The van der Waals surface area contributed by atoms with Crippen LogP contribution in [0, 0.1) is 0 Å². The zero-order chi connectivity index (χ0) is 17.6. The van der Waals surface area contributed by atoms with Crippen molar-refractivity contribution >= 4 is 5.91 Å². The highest BCUT2D eigenvalue weighted by Crippen LogP contribution is 2.27. The van der Waals surface area contributed by atoms with Gasteiger partial charge < -0.3 is 10.2 Å². The first-order valence-corrected chi connectivity index (χ1v) is 8.96. The van der Waals surface area contributed by atoms with E-state index in [1.165, 1.54) is 0 Å². The summed E-state index contributed by atoms with van der Waals surface area (Å²) in [6.07, 6.45) is 0. The van der Waals surface area contributed by atoms with Crippen molar-refractivity contribution in [1.82, 2.24) is 15.1 Å². The number of benzene rings is 2. The predicted octanol–water partition coefficient (Wildman–Crippen LogP) is 2.53. The SMILES string of the molecule is CC1CN(CC(=O)N(C)C(c2ccccc2)c2ccccc2)CCN1. The molecule has 0 radical (unpaired) electrons. The van der Waals surface area contributed by atoms with Crippen LogP contribution < -0.4 is 5.32 Å². The van der Waals surface area contributed by atoms with Gasteiger partial charge in [0.05, 0.1) is 12.6 Å². The molecule has 0 bridgehead atoms. The summed E-state index contributed by atoms with van der Waals surface area (Å²) in [5, 5.41) is 3.42. The lowest BCUT2D eigenvalue weighted by molar-refractivity contribution is -0.132. The molecule has 0 saturated carbocycles. The maximum atomic E-state index is 13.0. The molecule has 4 nitrogen and oxygen atoms in total. The maximum Gasteiger partial charge on any atom is 0.237 e. The maximum absolute atomic E-state index is 13.0. The lowest BCUT2D eigenvalue weighted by atomic mass is 9.97. The standard InChI is InChI=1S/C21H27N3O/c1-17-15-24(14-13-22-17)16-20(25)23(2)21(18-9-5-3-6-10-18)19-11-7-4-8-12-19/h3-12,17,21-22H,13-16H2,1-2H3. The molecule has 0 aliphatic carbocycles. The molecule has 1 saturated heterocycles. The Bertz CT molecular complexity index is 635. The number of piperazine rings is 1. The van der Waals surface area contributed by atoms with Crippen molar-refractivity contribution in [2.75, 3.05) is 33.2 Å². The van der Waals surface area contributed by atoms with E-state index in [9.17, 15) is 4.79 Å². The number of carbonyl (C=O) groups excluding carboxylic acids is 1. The van der Waals surface area contributed by atoms with Crippen LogP contribution in [0.15, 0.2) is 60.7 Å². The van der Waals surface area contributed by atoms with E-state index in [4.69, 9.17) is 0 Å². The van der Waals surface area contributed by atoms with E-state index >= 15 is 0 Å². The third kappa shape index (κ3) is 4.47. The fraction of sp³-hybridized carbons (Fsp3) is 0.381. The van der Waals surface area contributed by atoms with Crippen molar-refractivity contribution in [3.63, 3.8) is 0 Å². The summed E-state index contributed by atoms with van der Waals surface area (Å²) in [6.45, 7) is 5.42. The summed E-state index contributed by atoms with van der Waals surface area (Å²) in [5.74, 6) is 0.159. The van der Waals surface area contributed by atoms with Crippen LogP contribution in [0.4, 0.5) is 0 Å². The molecule has 0 aromatic heterocycles. The zero-order valence-corrected chi connectivity index (χ0v) is 15.1. The Morgan fingerprint density at radius 1 is 1.12 bits per heavy atom. The molecule has 1 heterocycles. The smallest absolute Gasteiger partial charge is 0.237 e. The molecule has 0 spiro atoms. The van der Waals surface area contributed by atoms with Crippen molar-refractivity contribution in [3.8, 4) is 0 Å². The minimum Gasteiger partial charge on any atom is -0.334 e. The first-order chi connectivity index (χ1) is 12.1. The van der Waals surface area contributed by atoms with Gasteiger partial charge in [-0.25, -0.2) is 0 Å². The molecule has 1 N–H and O–H groups in total. The number of nitrogens with zero attached hydrogens (tertiary/aromatic N) is 2. The first kappa shape index (κ1) is 17.6. The predicted molar refractivity (Wildman–Crippen MR) is 101 cm³/mol. The van der Waals surface area contributed by atoms with Gasteiger partial charge in [0.15, 0.2) is 0 Å². The second kappa shape index (κ2) is 8.28. The van der Waals surface area contributed by atoms with E-state index in [-0.39, 0.29) is 11.9 Å². The van der Waals surface area contributed by atoms with Gasteiger partial charge in [-0.15, -0.1) is 0 Å². The second-order valence-electron chi connectivity index (χ2n) is 6.82. The van der Waals surface area contributed by atoms with Crippen LogP contribution in [-0.4, -0.2) is 55.0 Å². The third-order valence-electron chi connectivity index (χ3n) is 4.82. The van der Waals surface area contributed by atoms with Gasteiger partial charge in [-0.2, -0.15) is 0 Å². The number of carbonyl (C=O) groups is 1. The summed E-state index contributed by atoms with van der Waals surface area (Å²) in [7, 11) is 1.92. The average Bonchev–Trinajstić information content (AvgIpc) is 2.63. The monoisotopic (exact) mass is 337 g/mol. The Morgan fingerprint density at radius 3 is 2.20 bits per heavy atom. The molecule has 132 valence electrons. The van der Waals surface area contributed by atoms with Gasteiger partial charge in [0.2, 0.25) is 5.91 Å². The number of hydrogen-bond donors (Lipinski definition) is 1. The molecule has 1 atom stereocenters. The van der Waals surface area contributed by atoms with E-state index in [1.807, 2.05) is 48.3 Å². The van der Waals surface area contributed by atoms with Crippen LogP contribution in [-0.2, 0) is 4.79 Å². The average molecular weight is 337 g/mol. The normalized spacial score (nSPS) is 18.3. The number of rotatable bonds is 5. The number of likely N-dealkylation sites (N-methyl/N-ethyl adjacent to an activating group) is 1. The summed E-state index contributed by atoms with van der Waals surface area (Å²) in [5.41, 5.74) is 2.27. The van der Waals surface area contributed by atoms with Crippen LogP contribution >= 0.6 is 0 Å². The Morgan fingerprint density at radius 2 is 1.68 bits per heavy atom. The molecule has 1 fully saturated rings. The molecular formula is C21H27N3O. The largest absolute Gasteiger partial charge is 0.334 e. The fourth-order valence-electron chi connectivity index (χ4n) is 3.51. The van der Waals surface area contributed by atoms with Crippen LogP contribution in [0.25, 0.3) is 0 Å². The third-order valence-corrected chi connectivity index (χ3v) is 4.82. The van der Waals surface area contributed by atoms with E-state index in [1.54, 1.807) is 0 Å². The van der Waals surface area contributed by atoms with Crippen molar-refractivity contribution in [2.45, 2.75) is 19.0 Å². The molecule has 3 rings (SSSR count). The van der Waals surface area contributed by atoms with E-state index in [0.717, 1.165) is 30.8 Å². The lowest BCUT2D eigenvalue weighted by Gasteiger charge is -2.34. The van der Waals surface area contributed by atoms with Gasteiger partial charge in [-0.05, 0) is 18.1 Å². The Balaban J connectivity index is 1.79. The molecular weight excluding hydrogens is 310 g/mol. The molecule has 1 amide bonds. The molecule has 1 aliphatic heterocycles. The Hall–Kier alpha value is -2.17. The van der Waals surface area contributed by atoms with Crippen LogP contribution in [0.3, 0.4) is 0 Å². The molecule has 2 aromatic rings. The first-order valence-electron chi connectivity index (χ1n) is 8.96. The summed E-state index contributed by atoms with van der Waals surface area (Å²) >= 11 is 0. The zero-order valence-electron chi connectivity index (χ0n) is 15.1. The minimum absolute atomic E-state index is 0.0600. The van der Waals surface area contributed by atoms with Gasteiger partial charge in [0.25, 0.3) is 0 Å². The van der Waals surface area contributed by atoms with Gasteiger partial charge in [-0.3, -0.25) is 9.69 Å². The van der Waals surface area contributed by atoms with Crippen LogP contribution in [0.2, 0.25) is 0 Å². The van der Waals surface area contributed by atoms with Crippen molar-refractivity contribution in [1.29, 1.82) is 0 Å². The summed E-state index contributed by atoms with van der Waals surface area (Å²) in [6, 6.07) is 20.9. The Labute approximate surface area is 150 Å². The van der Waals surface area contributed by atoms with Crippen molar-refractivity contribution in [3.05, 3.63) is 71.8 Å². The van der Waals surface area contributed by atoms with E-state index in [2.05, 4.69) is 41.4 Å². The Kier molecular flexibility index (Phi) is 5.84. The van der Waals surface area contributed by atoms with Gasteiger partial charge in [0, 0.05) is 32.7 Å². The quantitative estimate of drug-likeness (QED) is 0.911. The lowest BCUT2D eigenvalue weighted by Crippen LogP contribution is -2.52. The van der Waals surface area contributed by atoms with Crippen molar-refractivity contribution in [2.24, 2.45) is 0 Å². The van der Waals surface area contributed by atoms with Crippen molar-refractivity contribution < 1.29 is 4.79 Å². The topological polar surface area (TPSA) is 35.6 Å². The number of nitrogens with one attached hydrogen (secondary N) is 1. The molecule has 25 heavy (non-hydrogen) atoms. The molecule has 1 aliphatic rings.